The second-order valence-corrected chi connectivity index (χ2v) is 3.59. The van der Waals surface area contributed by atoms with Crippen LogP contribution >= 0.6 is 0 Å². The fourth-order valence-electron chi connectivity index (χ4n) is 1.02. The summed E-state index contributed by atoms with van der Waals surface area (Å²) in [6.07, 6.45) is -0.114. The lowest BCUT2D eigenvalue weighted by Crippen LogP contribution is -2.31. The van der Waals surface area contributed by atoms with Crippen molar-refractivity contribution in [3.63, 3.8) is 0 Å². The van der Waals surface area contributed by atoms with E-state index in [1.165, 1.54) is 0 Å². The highest BCUT2D eigenvalue weighted by atomic mass is 19.3. The third-order valence-corrected chi connectivity index (χ3v) is 1.74. The van der Waals surface area contributed by atoms with Gasteiger partial charge < -0.3 is 0 Å². The zero-order valence-corrected chi connectivity index (χ0v) is 8.36. The van der Waals surface area contributed by atoms with Crippen LogP contribution in [0.25, 0.3) is 0 Å². The molecule has 13 heavy (non-hydrogen) atoms. The highest BCUT2D eigenvalue weighted by molar-refractivity contribution is 6.00. The molecule has 0 aromatic heterocycles. The molecule has 0 fully saturated rings. The van der Waals surface area contributed by atoms with Gasteiger partial charge in [-0.2, -0.15) is 8.78 Å². The summed E-state index contributed by atoms with van der Waals surface area (Å²) in [5.74, 6) is -4.53. The largest absolute Gasteiger partial charge is 0.309 e. The second kappa shape index (κ2) is 4.49. The molecule has 0 aromatic rings. The Labute approximate surface area is 77.8 Å². The van der Waals surface area contributed by atoms with E-state index in [4.69, 9.17) is 0 Å². The average Bonchev–Trinajstić information content (AvgIpc) is 1.99. The lowest BCUT2D eigenvalue weighted by atomic mass is 9.97. The van der Waals surface area contributed by atoms with Crippen molar-refractivity contribution >= 4 is 5.78 Å². The van der Waals surface area contributed by atoms with Gasteiger partial charge in [-0.25, -0.2) is 0 Å². The Morgan fingerprint density at radius 3 is 2.23 bits per heavy atom. The summed E-state index contributed by atoms with van der Waals surface area (Å²) >= 11 is 0. The quantitative estimate of drug-likeness (QED) is 0.608. The smallest absolute Gasteiger partial charge is 0.288 e. The third-order valence-electron chi connectivity index (χ3n) is 1.74. The molecule has 0 aromatic carbocycles. The average molecular weight is 190 g/mol. The number of hydrogen-bond acceptors (Lipinski definition) is 1. The molecule has 1 nitrogen and oxygen atoms in total. The van der Waals surface area contributed by atoms with E-state index in [-0.39, 0.29) is 17.9 Å². The van der Waals surface area contributed by atoms with E-state index in [9.17, 15) is 13.6 Å². The van der Waals surface area contributed by atoms with Crippen LogP contribution in [0.4, 0.5) is 8.78 Å². The Morgan fingerprint density at radius 1 is 1.46 bits per heavy atom. The molecule has 3 heteroatoms. The lowest BCUT2D eigenvalue weighted by Gasteiger charge is -2.17. The molecular formula is C10H16F2O. The van der Waals surface area contributed by atoms with Crippen molar-refractivity contribution in [1.82, 2.24) is 0 Å². The number of Topliss-reactive ketones (excluding diaryl/α,β-unsaturated/α-hetero) is 1. The van der Waals surface area contributed by atoms with Crippen LogP contribution in [0.2, 0.25) is 0 Å². The molecule has 0 bridgehead atoms. The first kappa shape index (κ1) is 12.3. The lowest BCUT2D eigenvalue weighted by molar-refractivity contribution is -0.141. The number of alkyl halides is 2. The van der Waals surface area contributed by atoms with Crippen LogP contribution in [0.15, 0.2) is 12.2 Å². The van der Waals surface area contributed by atoms with Gasteiger partial charge in [0.1, 0.15) is 0 Å². The molecule has 0 unspecified atom stereocenters. The summed E-state index contributed by atoms with van der Waals surface area (Å²) in [6.45, 7) is 8.29. The van der Waals surface area contributed by atoms with E-state index in [1.54, 1.807) is 20.8 Å². The van der Waals surface area contributed by atoms with Gasteiger partial charge in [0.05, 0.1) is 0 Å². The van der Waals surface area contributed by atoms with Crippen LogP contribution < -0.4 is 0 Å². The van der Waals surface area contributed by atoms with Gasteiger partial charge in [-0.3, -0.25) is 4.79 Å². The van der Waals surface area contributed by atoms with Crippen LogP contribution in [0.3, 0.4) is 0 Å². The highest BCUT2D eigenvalue weighted by Gasteiger charge is 2.39. The van der Waals surface area contributed by atoms with Crippen molar-refractivity contribution < 1.29 is 13.6 Å². The summed E-state index contributed by atoms with van der Waals surface area (Å²) in [7, 11) is 0. The van der Waals surface area contributed by atoms with E-state index in [0.29, 0.717) is 0 Å². The molecule has 0 saturated carbocycles. The van der Waals surface area contributed by atoms with Gasteiger partial charge in [-0.15, -0.1) is 0 Å². The molecule has 0 aliphatic carbocycles. The normalized spacial score (nSPS) is 11.8. The van der Waals surface area contributed by atoms with Gasteiger partial charge >= 0.3 is 5.92 Å². The van der Waals surface area contributed by atoms with Crippen molar-refractivity contribution in [2.45, 2.75) is 39.5 Å². The minimum atomic E-state index is -3.23. The second-order valence-electron chi connectivity index (χ2n) is 3.59. The van der Waals surface area contributed by atoms with Crippen molar-refractivity contribution in [1.29, 1.82) is 0 Å². The van der Waals surface area contributed by atoms with Crippen molar-refractivity contribution in [2.75, 3.05) is 0 Å². The zero-order valence-electron chi connectivity index (χ0n) is 8.36. The number of halogens is 2. The van der Waals surface area contributed by atoms with Crippen molar-refractivity contribution in [2.24, 2.45) is 5.92 Å². The summed E-state index contributed by atoms with van der Waals surface area (Å²) in [5.41, 5.74) is 0.00523. The molecule has 0 amide bonds. The molecule has 0 radical (unpaired) electrons. The number of carbonyl (C=O) groups excluding carboxylic acids is 1. The predicted octanol–water partition coefficient (Wildman–Crippen LogP) is 3.20. The topological polar surface area (TPSA) is 17.1 Å². The maximum Gasteiger partial charge on any atom is 0.309 e. The van der Waals surface area contributed by atoms with E-state index in [2.05, 4.69) is 6.58 Å². The van der Waals surface area contributed by atoms with Crippen LogP contribution in [-0.4, -0.2) is 11.7 Å². The first-order valence-electron chi connectivity index (χ1n) is 4.41. The fraction of sp³-hybridized carbons (Fsp3) is 0.700. The Bertz CT molecular complexity index is 207. The third kappa shape index (κ3) is 3.66. The van der Waals surface area contributed by atoms with Crippen LogP contribution in [-0.2, 0) is 4.79 Å². The van der Waals surface area contributed by atoms with Crippen molar-refractivity contribution in [3.05, 3.63) is 12.2 Å². The summed E-state index contributed by atoms with van der Waals surface area (Å²) in [6, 6.07) is 0. The SMILES string of the molecule is C=C(CC)C(=O)C(F)(F)CC(C)C. The summed E-state index contributed by atoms with van der Waals surface area (Å²) in [5, 5.41) is 0. The number of ketones is 1. The number of allylic oxidation sites excluding steroid dienone is 1. The Kier molecular flexibility index (Phi) is 4.24. The fourth-order valence-corrected chi connectivity index (χ4v) is 1.02. The van der Waals surface area contributed by atoms with Gasteiger partial charge in [-0.1, -0.05) is 27.4 Å². The Hall–Kier alpha value is -0.730. The Morgan fingerprint density at radius 2 is 1.92 bits per heavy atom. The molecule has 0 N–H and O–H groups in total. The molecule has 0 spiro atoms. The number of hydrogen-bond donors (Lipinski definition) is 0. The molecular weight excluding hydrogens is 174 g/mol. The molecule has 0 heterocycles. The monoisotopic (exact) mass is 190 g/mol. The molecule has 76 valence electrons. The number of carbonyl (C=O) groups is 1. The minimum Gasteiger partial charge on any atom is -0.288 e. The Balaban J connectivity index is 4.44. The van der Waals surface area contributed by atoms with Crippen LogP contribution in [0.1, 0.15) is 33.6 Å². The maximum atomic E-state index is 13.1. The van der Waals surface area contributed by atoms with Gasteiger partial charge in [0.25, 0.3) is 0 Å². The molecule has 0 rings (SSSR count). The van der Waals surface area contributed by atoms with Gasteiger partial charge in [0.15, 0.2) is 0 Å². The summed E-state index contributed by atoms with van der Waals surface area (Å²) in [4.78, 5) is 11.1. The first-order chi connectivity index (χ1) is 5.81. The first-order valence-corrected chi connectivity index (χ1v) is 4.41. The predicted molar refractivity (Wildman–Crippen MR) is 48.8 cm³/mol. The van der Waals surface area contributed by atoms with E-state index in [0.717, 1.165) is 0 Å². The van der Waals surface area contributed by atoms with Gasteiger partial charge in [-0.05, 0) is 17.9 Å². The van der Waals surface area contributed by atoms with E-state index < -0.39 is 18.1 Å². The summed E-state index contributed by atoms with van der Waals surface area (Å²) < 4.78 is 26.2. The molecule has 0 aliphatic rings. The van der Waals surface area contributed by atoms with Crippen LogP contribution in [0, 0.1) is 5.92 Å². The van der Waals surface area contributed by atoms with E-state index >= 15 is 0 Å². The van der Waals surface area contributed by atoms with Crippen molar-refractivity contribution in [3.8, 4) is 0 Å². The molecule has 0 saturated heterocycles. The van der Waals surface area contributed by atoms with Gasteiger partial charge in [0, 0.05) is 6.42 Å². The number of rotatable bonds is 5. The molecule has 0 aliphatic heterocycles. The molecule has 0 atom stereocenters. The zero-order chi connectivity index (χ0) is 10.6. The highest BCUT2D eigenvalue weighted by Crippen LogP contribution is 2.27. The maximum absolute atomic E-state index is 13.1. The van der Waals surface area contributed by atoms with E-state index in [1.807, 2.05) is 0 Å². The minimum absolute atomic E-state index is 0.00523. The standard InChI is InChI=1S/C10H16F2O/c1-5-8(4)9(13)10(11,12)6-7(2)3/h7H,4-6H2,1-3H3. The van der Waals surface area contributed by atoms with Crippen LogP contribution in [0.5, 0.6) is 0 Å². The van der Waals surface area contributed by atoms with Gasteiger partial charge in [0.2, 0.25) is 5.78 Å².